The van der Waals surface area contributed by atoms with Crippen LogP contribution in [0.15, 0.2) is 24.3 Å². The highest BCUT2D eigenvalue weighted by molar-refractivity contribution is 6.01. The van der Waals surface area contributed by atoms with Gasteiger partial charge in [0.15, 0.2) is 0 Å². The highest BCUT2D eigenvalue weighted by atomic mass is 16.5. The fourth-order valence-electron chi connectivity index (χ4n) is 3.94. The summed E-state index contributed by atoms with van der Waals surface area (Å²) in [7, 11) is 3.54. The van der Waals surface area contributed by atoms with Gasteiger partial charge in [-0.3, -0.25) is 9.59 Å². The van der Waals surface area contributed by atoms with Crippen LogP contribution >= 0.6 is 0 Å². The first-order valence-electron chi connectivity index (χ1n) is 9.00. The van der Waals surface area contributed by atoms with Crippen molar-refractivity contribution in [2.75, 3.05) is 45.2 Å². The maximum absolute atomic E-state index is 12.9. The maximum atomic E-state index is 12.9. The van der Waals surface area contributed by atoms with Crippen molar-refractivity contribution in [3.8, 4) is 5.75 Å². The number of hydrogen-bond donors (Lipinski definition) is 1. The molecule has 0 spiro atoms. The second-order valence-corrected chi connectivity index (χ2v) is 6.93. The summed E-state index contributed by atoms with van der Waals surface area (Å²) in [6, 6.07) is 7.46. The standard InChI is InChI=1S/C19H27N3O3/c1-20-11-14-6-5-9-21(12-14)19(24)15-10-18(23)22(13-15)16-7-3-4-8-17(16)25-2/h3-4,7-8,14-15,20H,5-6,9-13H2,1-2H3. The van der Waals surface area contributed by atoms with Crippen molar-refractivity contribution in [3.63, 3.8) is 0 Å². The van der Waals surface area contributed by atoms with Crippen molar-refractivity contribution in [3.05, 3.63) is 24.3 Å². The first kappa shape index (κ1) is 17.7. The molecule has 2 heterocycles. The Hall–Kier alpha value is -2.08. The number of nitrogens with zero attached hydrogens (tertiary/aromatic N) is 2. The zero-order valence-electron chi connectivity index (χ0n) is 15.0. The van der Waals surface area contributed by atoms with Crippen molar-refractivity contribution in [1.29, 1.82) is 0 Å². The van der Waals surface area contributed by atoms with E-state index in [0.717, 1.165) is 38.2 Å². The van der Waals surface area contributed by atoms with Crippen LogP contribution in [0.25, 0.3) is 0 Å². The number of benzene rings is 1. The van der Waals surface area contributed by atoms with E-state index >= 15 is 0 Å². The van der Waals surface area contributed by atoms with E-state index in [-0.39, 0.29) is 24.2 Å². The number of piperidine rings is 1. The molecular weight excluding hydrogens is 318 g/mol. The van der Waals surface area contributed by atoms with Gasteiger partial charge in [0.25, 0.3) is 0 Å². The molecule has 0 saturated carbocycles. The molecule has 2 unspecified atom stereocenters. The molecule has 136 valence electrons. The number of hydrogen-bond acceptors (Lipinski definition) is 4. The highest BCUT2D eigenvalue weighted by Crippen LogP contribution is 2.33. The smallest absolute Gasteiger partial charge is 0.228 e. The van der Waals surface area contributed by atoms with E-state index in [4.69, 9.17) is 4.74 Å². The first-order valence-corrected chi connectivity index (χ1v) is 9.00. The molecular formula is C19H27N3O3. The minimum absolute atomic E-state index is 0.00775. The molecule has 3 rings (SSSR count). The Kier molecular flexibility index (Phi) is 5.58. The van der Waals surface area contributed by atoms with Crippen molar-refractivity contribution >= 4 is 17.5 Å². The number of nitrogens with one attached hydrogen (secondary N) is 1. The Morgan fingerprint density at radius 2 is 2.12 bits per heavy atom. The molecule has 2 amide bonds. The Morgan fingerprint density at radius 1 is 1.32 bits per heavy atom. The topological polar surface area (TPSA) is 61.9 Å². The molecule has 0 bridgehead atoms. The van der Waals surface area contributed by atoms with Gasteiger partial charge in [0.2, 0.25) is 11.8 Å². The Morgan fingerprint density at radius 3 is 2.88 bits per heavy atom. The monoisotopic (exact) mass is 345 g/mol. The summed E-state index contributed by atoms with van der Waals surface area (Å²) < 4.78 is 5.36. The lowest BCUT2D eigenvalue weighted by Crippen LogP contribution is -2.45. The van der Waals surface area contributed by atoms with E-state index < -0.39 is 0 Å². The quantitative estimate of drug-likeness (QED) is 0.879. The number of rotatable bonds is 5. The molecule has 2 saturated heterocycles. The molecule has 6 heteroatoms. The molecule has 1 aromatic rings. The SMILES string of the molecule is CNCC1CCCN(C(=O)C2CC(=O)N(c3ccccc3OC)C2)C1. The Bertz CT molecular complexity index is 632. The van der Waals surface area contributed by atoms with Crippen LogP contribution in [0.3, 0.4) is 0 Å². The van der Waals surface area contributed by atoms with Gasteiger partial charge < -0.3 is 19.9 Å². The van der Waals surface area contributed by atoms with Crippen LogP contribution in [0.4, 0.5) is 5.69 Å². The number of methoxy groups -OCH3 is 1. The molecule has 0 aromatic heterocycles. The number of para-hydroxylation sites is 2. The van der Waals surface area contributed by atoms with Crippen molar-refractivity contribution < 1.29 is 14.3 Å². The lowest BCUT2D eigenvalue weighted by Gasteiger charge is -2.34. The highest BCUT2D eigenvalue weighted by Gasteiger charge is 2.39. The lowest BCUT2D eigenvalue weighted by molar-refractivity contribution is -0.137. The van der Waals surface area contributed by atoms with Crippen molar-refractivity contribution in [1.82, 2.24) is 10.2 Å². The van der Waals surface area contributed by atoms with Crippen LogP contribution in [0.1, 0.15) is 19.3 Å². The van der Waals surface area contributed by atoms with E-state index in [1.807, 2.05) is 36.2 Å². The number of carbonyl (C=O) groups excluding carboxylic acids is 2. The third kappa shape index (κ3) is 3.79. The molecule has 2 atom stereocenters. The van der Waals surface area contributed by atoms with Crippen molar-refractivity contribution in [2.24, 2.45) is 11.8 Å². The van der Waals surface area contributed by atoms with Gasteiger partial charge in [-0.25, -0.2) is 0 Å². The van der Waals surface area contributed by atoms with Crippen LogP contribution in [0.2, 0.25) is 0 Å². The Balaban J connectivity index is 1.68. The molecule has 0 aliphatic carbocycles. The molecule has 0 radical (unpaired) electrons. The van der Waals surface area contributed by atoms with Crippen LogP contribution in [0.5, 0.6) is 5.75 Å². The van der Waals surface area contributed by atoms with E-state index in [9.17, 15) is 9.59 Å². The molecule has 25 heavy (non-hydrogen) atoms. The number of carbonyl (C=O) groups is 2. The summed E-state index contributed by atoms with van der Waals surface area (Å²) in [6.07, 6.45) is 2.47. The number of amides is 2. The fraction of sp³-hybridized carbons (Fsp3) is 0.579. The molecule has 1 N–H and O–H groups in total. The third-order valence-electron chi connectivity index (χ3n) is 5.17. The van der Waals surface area contributed by atoms with Crippen molar-refractivity contribution in [2.45, 2.75) is 19.3 Å². The van der Waals surface area contributed by atoms with Gasteiger partial charge in [-0.05, 0) is 44.5 Å². The number of ether oxygens (including phenoxy) is 1. The van der Waals surface area contributed by atoms with Gasteiger partial charge in [0, 0.05) is 26.1 Å². The predicted octanol–water partition coefficient (Wildman–Crippen LogP) is 1.51. The minimum atomic E-state index is -0.259. The zero-order valence-corrected chi connectivity index (χ0v) is 15.0. The molecule has 2 aliphatic rings. The number of likely N-dealkylation sites (tertiary alicyclic amines) is 1. The average Bonchev–Trinajstić information content (AvgIpc) is 3.03. The molecule has 2 aliphatic heterocycles. The summed E-state index contributed by atoms with van der Waals surface area (Å²) in [4.78, 5) is 29.1. The molecule has 1 aromatic carbocycles. The summed E-state index contributed by atoms with van der Waals surface area (Å²) >= 11 is 0. The second-order valence-electron chi connectivity index (χ2n) is 6.93. The summed E-state index contributed by atoms with van der Waals surface area (Å²) in [5, 5.41) is 3.20. The zero-order chi connectivity index (χ0) is 17.8. The normalized spacial score (nSPS) is 23.8. The fourth-order valence-corrected chi connectivity index (χ4v) is 3.94. The Labute approximate surface area is 149 Å². The van der Waals surface area contributed by atoms with Crippen LogP contribution in [0, 0.1) is 11.8 Å². The van der Waals surface area contributed by atoms with Gasteiger partial charge in [0.05, 0.1) is 18.7 Å². The van der Waals surface area contributed by atoms with Crippen LogP contribution in [-0.2, 0) is 9.59 Å². The largest absolute Gasteiger partial charge is 0.495 e. The summed E-state index contributed by atoms with van der Waals surface area (Å²) in [5.74, 6) is 1.02. The average molecular weight is 345 g/mol. The van der Waals surface area contributed by atoms with Gasteiger partial charge in [-0.1, -0.05) is 12.1 Å². The van der Waals surface area contributed by atoms with Crippen LogP contribution in [-0.4, -0.2) is 57.1 Å². The summed E-state index contributed by atoms with van der Waals surface area (Å²) in [6.45, 7) is 2.96. The first-order chi connectivity index (χ1) is 12.1. The van der Waals surface area contributed by atoms with Gasteiger partial charge in [-0.2, -0.15) is 0 Å². The van der Waals surface area contributed by atoms with E-state index in [1.165, 1.54) is 0 Å². The van der Waals surface area contributed by atoms with E-state index in [1.54, 1.807) is 12.0 Å². The second kappa shape index (κ2) is 7.87. The minimum Gasteiger partial charge on any atom is -0.495 e. The van der Waals surface area contributed by atoms with Gasteiger partial charge in [0.1, 0.15) is 5.75 Å². The van der Waals surface area contributed by atoms with E-state index in [2.05, 4.69) is 5.32 Å². The van der Waals surface area contributed by atoms with Gasteiger partial charge in [-0.15, -0.1) is 0 Å². The maximum Gasteiger partial charge on any atom is 0.228 e. The van der Waals surface area contributed by atoms with E-state index in [0.29, 0.717) is 18.2 Å². The predicted molar refractivity (Wildman–Crippen MR) is 96.7 cm³/mol. The lowest BCUT2D eigenvalue weighted by atomic mass is 9.96. The molecule has 2 fully saturated rings. The summed E-state index contributed by atoms with van der Waals surface area (Å²) in [5.41, 5.74) is 0.747. The van der Waals surface area contributed by atoms with Crippen LogP contribution < -0.4 is 15.0 Å². The molecule has 6 nitrogen and oxygen atoms in total. The number of anilines is 1. The van der Waals surface area contributed by atoms with Gasteiger partial charge >= 0.3 is 0 Å². The third-order valence-corrected chi connectivity index (χ3v) is 5.17.